The molecule has 0 radical (unpaired) electrons. The second-order valence-electron chi connectivity index (χ2n) is 5.98. The lowest BCUT2D eigenvalue weighted by Gasteiger charge is -2.07. The monoisotopic (exact) mass is 398 g/mol. The predicted molar refractivity (Wildman–Crippen MR) is 102 cm³/mol. The van der Waals surface area contributed by atoms with Crippen molar-refractivity contribution in [3.8, 4) is 16.9 Å². The number of benzene rings is 2. The molecule has 0 aliphatic heterocycles. The normalized spacial score (nSPS) is 10.8. The minimum absolute atomic E-state index is 0.286. The maximum Gasteiger partial charge on any atom is 0.339 e. The lowest BCUT2D eigenvalue weighted by Crippen LogP contribution is -2.06. The Kier molecular flexibility index (Phi) is 5.04. The molecule has 1 heterocycles. The molecular weight excluding hydrogens is 380 g/mol. The van der Waals surface area contributed by atoms with Gasteiger partial charge < -0.3 is 5.11 Å². The lowest BCUT2D eigenvalue weighted by molar-refractivity contribution is 0.0696. The number of carbonyl (C=O) groups is 1. The summed E-state index contributed by atoms with van der Waals surface area (Å²) >= 11 is 3.43. The second kappa shape index (κ2) is 7.23. The Labute approximate surface area is 155 Å². The van der Waals surface area contributed by atoms with Crippen molar-refractivity contribution >= 4 is 21.9 Å². The average Bonchev–Trinajstić information content (AvgIpc) is 2.96. The largest absolute Gasteiger partial charge is 0.478 e. The molecule has 5 heteroatoms. The summed E-state index contributed by atoms with van der Waals surface area (Å²) in [5.74, 6) is -0.942. The Morgan fingerprint density at radius 2 is 1.76 bits per heavy atom. The highest BCUT2D eigenvalue weighted by molar-refractivity contribution is 9.10. The summed E-state index contributed by atoms with van der Waals surface area (Å²) in [4.78, 5) is 12.0. The molecular formula is C20H19BrN2O2. The van der Waals surface area contributed by atoms with E-state index in [0.29, 0.717) is 12.1 Å². The van der Waals surface area contributed by atoms with Gasteiger partial charge in [-0.3, -0.25) is 0 Å². The van der Waals surface area contributed by atoms with Crippen LogP contribution in [0.2, 0.25) is 0 Å². The molecule has 3 aromatic rings. The van der Waals surface area contributed by atoms with Crippen molar-refractivity contribution in [1.29, 1.82) is 0 Å². The van der Waals surface area contributed by atoms with Crippen LogP contribution in [0.25, 0.3) is 16.9 Å². The fourth-order valence-corrected chi connectivity index (χ4v) is 3.12. The van der Waals surface area contributed by atoms with E-state index in [2.05, 4.69) is 21.0 Å². The zero-order valence-corrected chi connectivity index (χ0v) is 15.7. The molecule has 0 fully saturated rings. The molecule has 1 N–H and O–H groups in total. The molecule has 1 aromatic heterocycles. The number of aromatic carboxylic acids is 1. The lowest BCUT2D eigenvalue weighted by atomic mass is 10.0. The average molecular weight is 399 g/mol. The number of rotatable bonds is 5. The second-order valence-corrected chi connectivity index (χ2v) is 6.90. The molecule has 25 heavy (non-hydrogen) atoms. The van der Waals surface area contributed by atoms with Gasteiger partial charge in [0.05, 0.1) is 11.4 Å². The van der Waals surface area contributed by atoms with Crippen molar-refractivity contribution in [3.63, 3.8) is 0 Å². The number of nitrogens with zero attached hydrogens (tertiary/aromatic N) is 2. The number of carboxylic acids is 1. The van der Waals surface area contributed by atoms with Crippen molar-refractivity contribution in [2.75, 3.05) is 0 Å². The Morgan fingerprint density at radius 1 is 1.12 bits per heavy atom. The Bertz CT molecular complexity index is 897. The fraction of sp³-hybridized carbons (Fsp3) is 0.200. The molecule has 0 atom stereocenters. The van der Waals surface area contributed by atoms with Crippen LogP contribution in [-0.4, -0.2) is 20.9 Å². The van der Waals surface area contributed by atoms with Crippen LogP contribution in [0, 0.1) is 6.92 Å². The molecule has 4 nitrogen and oxygen atoms in total. The first-order valence-corrected chi connectivity index (χ1v) is 8.98. The first kappa shape index (κ1) is 17.4. The van der Waals surface area contributed by atoms with Gasteiger partial charge in [-0.15, -0.1) is 0 Å². The molecule has 0 saturated heterocycles. The first-order valence-electron chi connectivity index (χ1n) is 8.19. The van der Waals surface area contributed by atoms with E-state index in [1.54, 1.807) is 4.68 Å². The van der Waals surface area contributed by atoms with Crippen LogP contribution in [0.4, 0.5) is 0 Å². The maximum absolute atomic E-state index is 12.0. The zero-order valence-electron chi connectivity index (χ0n) is 14.2. The highest BCUT2D eigenvalue weighted by Gasteiger charge is 2.24. The van der Waals surface area contributed by atoms with E-state index < -0.39 is 5.97 Å². The Balaban J connectivity index is 2.24. The van der Waals surface area contributed by atoms with E-state index in [1.807, 2.05) is 62.4 Å². The molecule has 0 bridgehead atoms. The van der Waals surface area contributed by atoms with Crippen LogP contribution in [0.1, 0.15) is 35.0 Å². The highest BCUT2D eigenvalue weighted by Crippen LogP contribution is 2.29. The number of hydrogen-bond acceptors (Lipinski definition) is 2. The summed E-state index contributed by atoms with van der Waals surface area (Å²) in [5, 5.41) is 14.5. The van der Waals surface area contributed by atoms with Gasteiger partial charge in [0.25, 0.3) is 0 Å². The third-order valence-electron chi connectivity index (χ3n) is 4.08. The molecule has 2 aromatic carbocycles. The van der Waals surface area contributed by atoms with Crippen LogP contribution in [-0.2, 0) is 6.42 Å². The number of halogens is 1. The van der Waals surface area contributed by atoms with Gasteiger partial charge in [-0.05, 0) is 37.6 Å². The van der Waals surface area contributed by atoms with Gasteiger partial charge in [0.2, 0.25) is 0 Å². The van der Waals surface area contributed by atoms with Crippen molar-refractivity contribution in [1.82, 2.24) is 9.78 Å². The number of aromatic nitrogens is 2. The molecule has 0 unspecified atom stereocenters. The third-order valence-corrected chi connectivity index (χ3v) is 4.61. The van der Waals surface area contributed by atoms with Crippen LogP contribution in [0.3, 0.4) is 0 Å². The Morgan fingerprint density at radius 3 is 2.32 bits per heavy atom. The highest BCUT2D eigenvalue weighted by atomic mass is 79.9. The van der Waals surface area contributed by atoms with Gasteiger partial charge in [-0.25, -0.2) is 9.48 Å². The van der Waals surface area contributed by atoms with E-state index in [9.17, 15) is 9.90 Å². The van der Waals surface area contributed by atoms with E-state index in [1.165, 1.54) is 0 Å². The van der Waals surface area contributed by atoms with Gasteiger partial charge >= 0.3 is 5.97 Å². The van der Waals surface area contributed by atoms with E-state index in [4.69, 9.17) is 0 Å². The number of hydrogen-bond donors (Lipinski definition) is 1. The summed E-state index contributed by atoms with van der Waals surface area (Å²) in [7, 11) is 0. The quantitative estimate of drug-likeness (QED) is 0.637. The van der Waals surface area contributed by atoms with Crippen molar-refractivity contribution in [2.24, 2.45) is 0 Å². The molecule has 0 spiro atoms. The SMILES string of the molecule is CCCc1c(C(=O)O)c(-c2ccc(C)cc2)nn1-c1ccc(Br)cc1. The summed E-state index contributed by atoms with van der Waals surface area (Å²) in [6.45, 7) is 4.04. The maximum atomic E-state index is 12.0. The van der Waals surface area contributed by atoms with Crippen LogP contribution in [0.5, 0.6) is 0 Å². The molecule has 0 aliphatic carbocycles. The summed E-state index contributed by atoms with van der Waals surface area (Å²) in [6.07, 6.45) is 1.49. The van der Waals surface area contributed by atoms with Crippen LogP contribution in [0.15, 0.2) is 53.0 Å². The van der Waals surface area contributed by atoms with Gasteiger partial charge in [-0.2, -0.15) is 5.10 Å². The smallest absolute Gasteiger partial charge is 0.339 e. The predicted octanol–water partition coefficient (Wildman–Crippen LogP) is 5.26. The van der Waals surface area contributed by atoms with Crippen molar-refractivity contribution in [3.05, 3.63) is 69.8 Å². The van der Waals surface area contributed by atoms with Crippen molar-refractivity contribution < 1.29 is 9.90 Å². The van der Waals surface area contributed by atoms with Crippen LogP contribution >= 0.6 is 15.9 Å². The minimum atomic E-state index is -0.942. The summed E-state index contributed by atoms with van der Waals surface area (Å²) in [5.41, 5.74) is 4.32. The standard InChI is InChI=1S/C20H19BrN2O2/c1-3-4-17-18(20(24)25)19(14-7-5-13(2)6-8-14)22-23(17)16-11-9-15(21)10-12-16/h5-12H,3-4H2,1-2H3,(H,24,25). The summed E-state index contributed by atoms with van der Waals surface area (Å²) < 4.78 is 2.73. The molecule has 0 amide bonds. The summed E-state index contributed by atoms with van der Waals surface area (Å²) in [6, 6.07) is 15.5. The van der Waals surface area contributed by atoms with Crippen molar-refractivity contribution in [2.45, 2.75) is 26.7 Å². The molecule has 0 saturated carbocycles. The van der Waals surface area contributed by atoms with Crippen LogP contribution < -0.4 is 0 Å². The fourth-order valence-electron chi connectivity index (χ4n) is 2.85. The van der Waals surface area contributed by atoms with E-state index in [0.717, 1.165) is 33.4 Å². The molecule has 0 aliphatic rings. The van der Waals surface area contributed by atoms with Gasteiger partial charge in [0, 0.05) is 10.0 Å². The van der Waals surface area contributed by atoms with E-state index in [-0.39, 0.29) is 5.56 Å². The van der Waals surface area contributed by atoms with E-state index >= 15 is 0 Å². The topological polar surface area (TPSA) is 55.1 Å². The Hall–Kier alpha value is -2.40. The van der Waals surface area contributed by atoms with Gasteiger partial charge in [-0.1, -0.05) is 59.1 Å². The third kappa shape index (κ3) is 3.51. The van der Waals surface area contributed by atoms with Gasteiger partial charge in [0.1, 0.15) is 11.3 Å². The molecule has 128 valence electrons. The first-order chi connectivity index (χ1) is 12.0. The number of carboxylic acid groups (broad SMARTS) is 1. The molecule has 3 rings (SSSR count). The minimum Gasteiger partial charge on any atom is -0.478 e. The number of aryl methyl sites for hydroxylation is 1. The zero-order chi connectivity index (χ0) is 18.0. The van der Waals surface area contributed by atoms with Gasteiger partial charge in [0.15, 0.2) is 0 Å².